The maximum Gasteiger partial charge on any atom is 0.242 e. The van der Waals surface area contributed by atoms with Gasteiger partial charge in [0.25, 0.3) is 0 Å². The number of halogens is 2. The van der Waals surface area contributed by atoms with E-state index in [1.54, 1.807) is 0 Å². The summed E-state index contributed by atoms with van der Waals surface area (Å²) >= 11 is 5.90. The van der Waals surface area contributed by atoms with E-state index in [4.69, 9.17) is 17.3 Å². The SMILES string of the molecule is Cl.NC12CC(N3CCN(c4ccc(Cl)cc4)CC3=O)(C1)C2. The van der Waals surface area contributed by atoms with Gasteiger partial charge < -0.3 is 15.5 Å². The fourth-order valence-electron chi connectivity index (χ4n) is 4.14. The Labute approximate surface area is 135 Å². The van der Waals surface area contributed by atoms with E-state index < -0.39 is 0 Å². The Kier molecular flexibility index (Phi) is 3.39. The summed E-state index contributed by atoms with van der Waals surface area (Å²) < 4.78 is 0. The Bertz CT molecular complexity index is 555. The lowest BCUT2D eigenvalue weighted by Crippen LogP contribution is -2.84. The molecule has 4 aliphatic rings. The van der Waals surface area contributed by atoms with Gasteiger partial charge in [-0.2, -0.15) is 0 Å². The lowest BCUT2D eigenvalue weighted by Gasteiger charge is -2.72. The molecule has 3 aliphatic carbocycles. The Hall–Kier alpha value is -0.970. The summed E-state index contributed by atoms with van der Waals surface area (Å²) in [7, 11) is 0. The minimum Gasteiger partial charge on any atom is -0.360 e. The van der Waals surface area contributed by atoms with Crippen molar-refractivity contribution in [3.8, 4) is 0 Å². The lowest BCUT2D eigenvalue weighted by atomic mass is 9.44. The monoisotopic (exact) mass is 327 g/mol. The number of hydrogen-bond acceptors (Lipinski definition) is 3. The molecule has 0 aromatic heterocycles. The van der Waals surface area contributed by atoms with Gasteiger partial charge in [0.2, 0.25) is 5.91 Å². The van der Waals surface area contributed by atoms with Gasteiger partial charge in [0.05, 0.1) is 6.54 Å². The molecule has 2 bridgehead atoms. The Balaban J connectivity index is 0.00000132. The van der Waals surface area contributed by atoms with Crippen LogP contribution in [0.15, 0.2) is 24.3 Å². The highest BCUT2D eigenvalue weighted by Crippen LogP contribution is 2.62. The minimum absolute atomic E-state index is 0. The van der Waals surface area contributed by atoms with E-state index >= 15 is 0 Å². The molecule has 5 rings (SSSR count). The van der Waals surface area contributed by atoms with E-state index in [0.717, 1.165) is 43.1 Å². The Morgan fingerprint density at radius 2 is 1.71 bits per heavy atom. The van der Waals surface area contributed by atoms with Gasteiger partial charge in [-0.05, 0) is 43.5 Å². The molecule has 3 saturated carbocycles. The van der Waals surface area contributed by atoms with Gasteiger partial charge in [-0.3, -0.25) is 4.79 Å². The van der Waals surface area contributed by atoms with E-state index in [0.29, 0.717) is 6.54 Å². The summed E-state index contributed by atoms with van der Waals surface area (Å²) in [4.78, 5) is 16.6. The number of nitrogens with two attached hydrogens (primary N) is 1. The fourth-order valence-corrected chi connectivity index (χ4v) is 4.27. The lowest BCUT2D eigenvalue weighted by molar-refractivity contribution is -0.180. The van der Waals surface area contributed by atoms with Crippen molar-refractivity contribution in [1.82, 2.24) is 4.90 Å². The normalized spacial score (nSPS) is 33.9. The summed E-state index contributed by atoms with van der Waals surface area (Å²) in [6.07, 6.45) is 2.98. The number of benzene rings is 1. The number of rotatable bonds is 2. The molecule has 4 nitrogen and oxygen atoms in total. The van der Waals surface area contributed by atoms with Gasteiger partial charge in [0.15, 0.2) is 0 Å². The second kappa shape index (κ2) is 4.77. The van der Waals surface area contributed by atoms with Gasteiger partial charge in [-0.25, -0.2) is 0 Å². The van der Waals surface area contributed by atoms with Crippen LogP contribution < -0.4 is 10.6 Å². The third kappa shape index (κ3) is 2.20. The van der Waals surface area contributed by atoms with Crippen molar-refractivity contribution in [3.05, 3.63) is 29.3 Å². The van der Waals surface area contributed by atoms with Gasteiger partial charge in [0.1, 0.15) is 0 Å². The first-order valence-electron chi connectivity index (χ1n) is 7.10. The second-order valence-electron chi connectivity index (χ2n) is 6.56. The molecule has 1 aromatic carbocycles. The second-order valence-corrected chi connectivity index (χ2v) is 7.00. The Morgan fingerprint density at radius 3 is 2.24 bits per heavy atom. The van der Waals surface area contributed by atoms with Crippen LogP contribution in [-0.2, 0) is 4.79 Å². The molecule has 2 N–H and O–H groups in total. The molecule has 1 saturated heterocycles. The molecule has 21 heavy (non-hydrogen) atoms. The molecule has 0 radical (unpaired) electrons. The van der Waals surface area contributed by atoms with Crippen LogP contribution in [-0.4, -0.2) is 41.5 Å². The number of carbonyl (C=O) groups is 1. The molecule has 1 aromatic rings. The predicted octanol–water partition coefficient (Wildman–Crippen LogP) is 2.04. The predicted molar refractivity (Wildman–Crippen MR) is 86.1 cm³/mol. The van der Waals surface area contributed by atoms with Crippen LogP contribution in [0.25, 0.3) is 0 Å². The highest BCUT2D eigenvalue weighted by atomic mass is 35.5. The highest BCUT2D eigenvalue weighted by molar-refractivity contribution is 6.30. The number of amides is 1. The van der Waals surface area contributed by atoms with Crippen molar-refractivity contribution >= 4 is 35.6 Å². The van der Waals surface area contributed by atoms with Crippen LogP contribution >= 0.6 is 24.0 Å². The molecule has 114 valence electrons. The first-order valence-corrected chi connectivity index (χ1v) is 7.48. The van der Waals surface area contributed by atoms with E-state index in [2.05, 4.69) is 9.80 Å². The first kappa shape index (κ1) is 14.9. The quantitative estimate of drug-likeness (QED) is 0.904. The van der Waals surface area contributed by atoms with Crippen LogP contribution in [0.3, 0.4) is 0 Å². The summed E-state index contributed by atoms with van der Waals surface area (Å²) in [6.45, 7) is 2.14. The smallest absolute Gasteiger partial charge is 0.242 e. The first-order chi connectivity index (χ1) is 9.50. The largest absolute Gasteiger partial charge is 0.360 e. The van der Waals surface area contributed by atoms with E-state index in [1.165, 1.54) is 0 Å². The summed E-state index contributed by atoms with van der Waals surface area (Å²) in [6, 6.07) is 7.68. The number of anilines is 1. The van der Waals surface area contributed by atoms with Crippen molar-refractivity contribution in [2.75, 3.05) is 24.5 Å². The zero-order chi connectivity index (χ0) is 14.0. The maximum absolute atomic E-state index is 12.4. The zero-order valence-electron chi connectivity index (χ0n) is 11.7. The molecule has 0 spiro atoms. The maximum atomic E-state index is 12.4. The molecule has 6 heteroatoms. The van der Waals surface area contributed by atoms with Crippen molar-refractivity contribution in [2.45, 2.75) is 30.3 Å². The summed E-state index contributed by atoms with van der Waals surface area (Å²) in [5, 5.41) is 0.723. The molecule has 1 amide bonds. The third-order valence-corrected chi connectivity index (χ3v) is 5.28. The van der Waals surface area contributed by atoms with E-state index in [-0.39, 0.29) is 29.4 Å². The van der Waals surface area contributed by atoms with E-state index in [1.807, 2.05) is 24.3 Å². The van der Waals surface area contributed by atoms with Crippen molar-refractivity contribution < 1.29 is 4.79 Å². The highest BCUT2D eigenvalue weighted by Gasteiger charge is 2.69. The molecule has 0 unspecified atom stereocenters. The molecule has 1 aliphatic heterocycles. The average Bonchev–Trinajstić information content (AvgIpc) is 2.35. The molecular weight excluding hydrogens is 309 g/mol. The van der Waals surface area contributed by atoms with Gasteiger partial charge in [-0.1, -0.05) is 11.6 Å². The van der Waals surface area contributed by atoms with Crippen molar-refractivity contribution in [3.63, 3.8) is 0 Å². The van der Waals surface area contributed by atoms with Gasteiger partial charge in [0, 0.05) is 34.9 Å². The van der Waals surface area contributed by atoms with Crippen LogP contribution in [0.1, 0.15) is 19.3 Å². The van der Waals surface area contributed by atoms with Gasteiger partial charge >= 0.3 is 0 Å². The fraction of sp³-hybridized carbons (Fsp3) is 0.533. The Morgan fingerprint density at radius 1 is 1.10 bits per heavy atom. The van der Waals surface area contributed by atoms with Crippen molar-refractivity contribution in [1.29, 1.82) is 0 Å². The summed E-state index contributed by atoms with van der Waals surface area (Å²) in [5.41, 5.74) is 7.32. The number of nitrogens with zero attached hydrogens (tertiary/aromatic N) is 2. The van der Waals surface area contributed by atoms with Crippen molar-refractivity contribution in [2.24, 2.45) is 5.73 Å². The molecule has 4 fully saturated rings. The van der Waals surface area contributed by atoms with Crippen LogP contribution in [0.4, 0.5) is 5.69 Å². The average molecular weight is 328 g/mol. The standard InChI is InChI=1S/C15H18ClN3O.ClH/c16-11-1-3-12(4-2-11)18-5-6-19(13(20)7-18)15-8-14(17,9-15)10-15;/h1-4H,5-10,17H2;1H. The zero-order valence-corrected chi connectivity index (χ0v) is 13.3. The third-order valence-electron chi connectivity index (χ3n) is 5.03. The van der Waals surface area contributed by atoms with Crippen LogP contribution in [0.2, 0.25) is 5.02 Å². The van der Waals surface area contributed by atoms with E-state index in [9.17, 15) is 4.79 Å². The topological polar surface area (TPSA) is 49.6 Å². The molecule has 1 heterocycles. The van der Waals surface area contributed by atoms with Crippen LogP contribution in [0, 0.1) is 0 Å². The molecular formula is C15H19Cl2N3O. The number of hydrogen-bond donors (Lipinski definition) is 1. The number of piperazine rings is 1. The minimum atomic E-state index is 0. The van der Waals surface area contributed by atoms with Gasteiger partial charge in [-0.15, -0.1) is 12.4 Å². The van der Waals surface area contributed by atoms with Crippen LogP contribution in [0.5, 0.6) is 0 Å². The summed E-state index contributed by atoms with van der Waals surface area (Å²) in [5.74, 6) is 0.230. The molecule has 0 atom stereocenters. The number of carbonyl (C=O) groups excluding carboxylic acids is 1.